The van der Waals surface area contributed by atoms with E-state index in [9.17, 15) is 18.0 Å². The van der Waals surface area contributed by atoms with E-state index in [1.165, 1.54) is 6.20 Å². The molecule has 4 aromatic rings. The van der Waals surface area contributed by atoms with Crippen LogP contribution in [0.2, 0.25) is 5.02 Å². The number of fused-ring (bicyclic) bond motifs is 6. The van der Waals surface area contributed by atoms with Crippen LogP contribution in [0.25, 0.3) is 0 Å². The van der Waals surface area contributed by atoms with E-state index in [0.29, 0.717) is 46.1 Å². The Hall–Kier alpha value is -4.29. The highest BCUT2D eigenvalue weighted by Crippen LogP contribution is 2.31. The van der Waals surface area contributed by atoms with E-state index >= 15 is 0 Å². The minimum Gasteiger partial charge on any atom is -0.493 e. The number of hydrogen-bond donors (Lipinski definition) is 3. The molecule has 3 N–H and O–H groups in total. The first-order valence-corrected chi connectivity index (χ1v) is 13.0. The lowest BCUT2D eigenvalue weighted by Crippen LogP contribution is -2.12. The third kappa shape index (κ3) is 8.61. The van der Waals surface area contributed by atoms with Gasteiger partial charge in [-0.2, -0.15) is 18.2 Å². The molecule has 1 aromatic heterocycles. The lowest BCUT2D eigenvalue weighted by Gasteiger charge is -2.13. The Bertz CT molecular complexity index is 1490. The molecule has 0 unspecified atom stereocenters. The first kappa shape index (κ1) is 28.7. The van der Waals surface area contributed by atoms with Gasteiger partial charge in [0.05, 0.1) is 12.8 Å². The second kappa shape index (κ2) is 13.2. The summed E-state index contributed by atoms with van der Waals surface area (Å²) in [5.41, 5.74) is 2.69. The van der Waals surface area contributed by atoms with E-state index < -0.39 is 12.5 Å². The van der Waals surface area contributed by atoms with Gasteiger partial charge in [-0.1, -0.05) is 35.9 Å². The molecule has 0 fully saturated rings. The average Bonchev–Trinajstić information content (AvgIpc) is 2.93. The van der Waals surface area contributed by atoms with Crippen LogP contribution in [0.1, 0.15) is 10.4 Å². The molecule has 1 aliphatic rings. The van der Waals surface area contributed by atoms with Crippen molar-refractivity contribution in [2.75, 3.05) is 28.3 Å². The molecule has 1 aliphatic heterocycles. The van der Waals surface area contributed by atoms with Crippen molar-refractivity contribution in [3.05, 3.63) is 89.6 Å². The van der Waals surface area contributed by atoms with E-state index in [-0.39, 0.29) is 5.91 Å². The number of aldehydes is 1. The summed E-state index contributed by atoms with van der Waals surface area (Å²) in [6, 6.07) is 22.5. The lowest BCUT2D eigenvalue weighted by atomic mass is 10.2. The van der Waals surface area contributed by atoms with Crippen LogP contribution in [0, 0.1) is 0 Å². The Morgan fingerprint density at radius 3 is 2.55 bits per heavy atom. The zero-order valence-electron chi connectivity index (χ0n) is 20.5. The summed E-state index contributed by atoms with van der Waals surface area (Å²) >= 11 is 8.02. The zero-order chi connectivity index (χ0) is 28.5. The third-order valence-corrected chi connectivity index (χ3v) is 6.29. The zero-order valence-corrected chi connectivity index (χ0v) is 22.1. The number of nitrogens with one attached hydrogen (secondary N) is 3. The molecule has 0 saturated heterocycles. The number of hydrogen-bond acceptors (Lipinski definition) is 8. The number of alkyl halides is 3. The Morgan fingerprint density at radius 2 is 1.80 bits per heavy atom. The van der Waals surface area contributed by atoms with Crippen molar-refractivity contribution in [1.82, 2.24) is 9.97 Å². The Labute approximate surface area is 236 Å². The maximum absolute atomic E-state index is 12.7. The van der Waals surface area contributed by atoms with Crippen molar-refractivity contribution in [1.29, 1.82) is 0 Å². The molecule has 0 atom stereocenters. The molecule has 3 aromatic carbocycles. The third-order valence-electron chi connectivity index (χ3n) is 5.05. The van der Waals surface area contributed by atoms with Gasteiger partial charge in [0.15, 0.2) is 5.82 Å². The highest BCUT2D eigenvalue weighted by molar-refractivity contribution is 7.99. The van der Waals surface area contributed by atoms with Crippen molar-refractivity contribution in [2.45, 2.75) is 11.1 Å². The van der Waals surface area contributed by atoms with Crippen LogP contribution in [0.5, 0.6) is 5.75 Å². The maximum Gasteiger partial charge on any atom is 0.446 e. The second-order valence-corrected chi connectivity index (χ2v) is 9.67. The molecule has 0 saturated carbocycles. The van der Waals surface area contributed by atoms with Crippen molar-refractivity contribution >= 4 is 64.4 Å². The van der Waals surface area contributed by atoms with E-state index in [1.54, 1.807) is 36.0 Å². The minimum absolute atomic E-state index is 0.210. The summed E-state index contributed by atoms with van der Waals surface area (Å²) in [6.45, 7) is 0.494. The number of nitrogens with zero attached hydrogens (tertiary/aromatic N) is 2. The fraction of sp³-hybridized carbons (Fsp3) is 0.111. The quantitative estimate of drug-likeness (QED) is 0.213. The first-order chi connectivity index (χ1) is 19.2. The fourth-order valence-electron chi connectivity index (χ4n) is 3.38. The van der Waals surface area contributed by atoms with Crippen molar-refractivity contribution in [3.63, 3.8) is 0 Å². The number of ether oxygens (including phenoxy) is 1. The SMILES string of the molecule is O=C(Nc1cc2cc(c1)OCCSc1cccc(c1)Nc1nc(ncc1Cl)N2)c1ccccc1.O=CC(F)(F)F. The number of amides is 1. The summed E-state index contributed by atoms with van der Waals surface area (Å²) in [7, 11) is 0. The minimum atomic E-state index is -4.64. The molecule has 206 valence electrons. The van der Waals surface area contributed by atoms with Gasteiger partial charge in [-0.3, -0.25) is 9.59 Å². The monoisotopic (exact) mass is 587 g/mol. The number of anilines is 5. The highest BCUT2D eigenvalue weighted by atomic mass is 35.5. The number of carbonyl (C=O) groups is 2. The molecule has 1 amide bonds. The predicted molar refractivity (Wildman–Crippen MR) is 149 cm³/mol. The van der Waals surface area contributed by atoms with Crippen LogP contribution in [-0.2, 0) is 4.79 Å². The van der Waals surface area contributed by atoms with Crippen molar-refractivity contribution in [2.24, 2.45) is 0 Å². The smallest absolute Gasteiger partial charge is 0.446 e. The summed E-state index contributed by atoms with van der Waals surface area (Å²) in [6.07, 6.45) is -4.17. The van der Waals surface area contributed by atoms with E-state index in [0.717, 1.165) is 16.3 Å². The Kier molecular flexibility index (Phi) is 9.46. The molecular weight excluding hydrogens is 567 g/mol. The molecule has 0 aliphatic carbocycles. The number of halogens is 4. The van der Waals surface area contributed by atoms with E-state index in [2.05, 4.69) is 25.9 Å². The standard InChI is InChI=1S/C25H20ClN5O2S.C2HF3O/c26-22-15-27-25-30-19-11-18(29-24(32)16-5-2-1-3-6-16)12-20(13-19)33-9-10-34-21-8-4-7-17(14-21)28-23(22)31-25;3-2(4,5)1-6/h1-8,11-15H,9-10H2,(H,29,32)(H2,27,28,30,31);1H. The number of thioether (sulfide) groups is 1. The molecule has 6 bridgehead atoms. The molecule has 8 nitrogen and oxygen atoms in total. The fourth-order valence-corrected chi connectivity index (χ4v) is 4.31. The van der Waals surface area contributed by atoms with E-state index in [4.69, 9.17) is 21.1 Å². The van der Waals surface area contributed by atoms with Gasteiger partial charge in [0, 0.05) is 45.4 Å². The molecule has 40 heavy (non-hydrogen) atoms. The van der Waals surface area contributed by atoms with Gasteiger partial charge in [0.1, 0.15) is 10.8 Å². The molecule has 13 heteroatoms. The van der Waals surface area contributed by atoms with Crippen LogP contribution < -0.4 is 20.7 Å². The first-order valence-electron chi connectivity index (χ1n) is 11.7. The van der Waals surface area contributed by atoms with Gasteiger partial charge in [0.2, 0.25) is 12.2 Å². The average molecular weight is 588 g/mol. The van der Waals surface area contributed by atoms with E-state index in [1.807, 2.05) is 48.5 Å². The molecule has 0 spiro atoms. The second-order valence-electron chi connectivity index (χ2n) is 8.09. The predicted octanol–water partition coefficient (Wildman–Crippen LogP) is 7.10. The van der Waals surface area contributed by atoms with Crippen LogP contribution >= 0.6 is 23.4 Å². The Morgan fingerprint density at radius 1 is 1.02 bits per heavy atom. The molecule has 2 heterocycles. The van der Waals surface area contributed by atoms with Gasteiger partial charge in [-0.25, -0.2) is 4.98 Å². The number of benzene rings is 3. The summed E-state index contributed by atoms with van der Waals surface area (Å²) in [5.74, 6) is 2.00. The summed E-state index contributed by atoms with van der Waals surface area (Å²) < 4.78 is 37.3. The van der Waals surface area contributed by atoms with Crippen molar-refractivity contribution in [3.8, 4) is 5.75 Å². The normalized spacial score (nSPS) is 12.5. The summed E-state index contributed by atoms with van der Waals surface area (Å²) in [5, 5.41) is 9.78. The van der Waals surface area contributed by atoms with Crippen molar-refractivity contribution < 1.29 is 27.5 Å². The van der Waals surface area contributed by atoms with Gasteiger partial charge < -0.3 is 20.7 Å². The molecule has 0 radical (unpaired) electrons. The number of rotatable bonds is 2. The van der Waals surface area contributed by atoms with Gasteiger partial charge >= 0.3 is 6.18 Å². The number of aromatic nitrogens is 2. The number of carbonyl (C=O) groups excluding carboxylic acids is 2. The van der Waals surface area contributed by atoms with Gasteiger partial charge in [-0.15, -0.1) is 11.8 Å². The lowest BCUT2D eigenvalue weighted by molar-refractivity contribution is -0.156. The van der Waals surface area contributed by atoms with Crippen LogP contribution in [0.15, 0.2) is 83.9 Å². The van der Waals surface area contributed by atoms with Crippen LogP contribution in [0.4, 0.5) is 42.0 Å². The molecular formula is C27H21ClF3N5O3S. The maximum atomic E-state index is 12.7. The topological polar surface area (TPSA) is 105 Å². The van der Waals surface area contributed by atoms with Gasteiger partial charge in [-0.05, 0) is 36.4 Å². The van der Waals surface area contributed by atoms with Gasteiger partial charge in [0.25, 0.3) is 5.91 Å². The largest absolute Gasteiger partial charge is 0.493 e. The summed E-state index contributed by atoms with van der Waals surface area (Å²) in [4.78, 5) is 31.3. The van der Waals surface area contributed by atoms with Crippen LogP contribution in [-0.4, -0.2) is 40.7 Å². The Balaban J connectivity index is 0.000000557. The van der Waals surface area contributed by atoms with Crippen LogP contribution in [0.3, 0.4) is 0 Å². The highest BCUT2D eigenvalue weighted by Gasteiger charge is 2.24. The molecule has 5 rings (SSSR count).